The lowest BCUT2D eigenvalue weighted by Crippen LogP contribution is -2.47. The molecule has 2 atom stereocenters. The second-order valence-corrected chi connectivity index (χ2v) is 8.18. The summed E-state index contributed by atoms with van der Waals surface area (Å²) in [7, 11) is 0. The summed E-state index contributed by atoms with van der Waals surface area (Å²) in [5.74, 6) is 0. The molecule has 1 aliphatic carbocycles. The fraction of sp³-hybridized carbons (Fsp3) is 0.588. The van der Waals surface area contributed by atoms with Gasteiger partial charge in [-0.1, -0.05) is 17.7 Å². The first kappa shape index (κ1) is 18.6. The van der Waals surface area contributed by atoms with Crippen molar-refractivity contribution in [2.75, 3.05) is 0 Å². The van der Waals surface area contributed by atoms with Crippen molar-refractivity contribution in [3.8, 4) is 0 Å². The summed E-state index contributed by atoms with van der Waals surface area (Å²) in [4.78, 5) is 11.9. The first-order valence-corrected chi connectivity index (χ1v) is 9.08. The van der Waals surface area contributed by atoms with Crippen molar-refractivity contribution >= 4 is 33.6 Å². The summed E-state index contributed by atoms with van der Waals surface area (Å²) in [5.41, 5.74) is 0.654. The number of carbonyl (C=O) groups excluding carboxylic acids is 1. The zero-order valence-electron chi connectivity index (χ0n) is 13.8. The number of halogens is 2. The van der Waals surface area contributed by atoms with E-state index in [-0.39, 0.29) is 18.2 Å². The highest BCUT2D eigenvalue weighted by Crippen LogP contribution is 2.24. The molecule has 2 N–H and O–H groups in total. The summed E-state index contributed by atoms with van der Waals surface area (Å²) >= 11 is 9.51. The van der Waals surface area contributed by atoms with Gasteiger partial charge in [-0.2, -0.15) is 0 Å². The van der Waals surface area contributed by atoms with E-state index in [1.54, 1.807) is 0 Å². The minimum absolute atomic E-state index is 0.107. The molecule has 1 aromatic rings. The fourth-order valence-corrected chi connectivity index (χ4v) is 3.18. The van der Waals surface area contributed by atoms with E-state index in [1.807, 2.05) is 39.0 Å². The first-order chi connectivity index (χ1) is 10.7. The standard InChI is InChI=1S/C17H24BrClN2O2/c1-17(2,3)23-16(22)21-15-6-4-5-14(15)20-10-11-7-8-12(18)13(19)9-11/h7-9,14-15,20H,4-6,10H2,1-3H3,(H,21,22). The van der Waals surface area contributed by atoms with Gasteiger partial charge >= 0.3 is 6.09 Å². The third-order valence-corrected chi connectivity index (χ3v) is 5.00. The van der Waals surface area contributed by atoms with Crippen molar-refractivity contribution in [3.63, 3.8) is 0 Å². The van der Waals surface area contributed by atoms with E-state index in [2.05, 4.69) is 26.6 Å². The molecule has 1 saturated carbocycles. The highest BCUT2D eigenvalue weighted by Gasteiger charge is 2.29. The van der Waals surface area contributed by atoms with Crippen LogP contribution < -0.4 is 10.6 Å². The zero-order chi connectivity index (χ0) is 17.0. The van der Waals surface area contributed by atoms with Gasteiger partial charge in [0, 0.05) is 23.1 Å². The van der Waals surface area contributed by atoms with E-state index < -0.39 is 5.60 Å². The maximum Gasteiger partial charge on any atom is 0.407 e. The summed E-state index contributed by atoms with van der Waals surface area (Å²) < 4.78 is 6.24. The summed E-state index contributed by atoms with van der Waals surface area (Å²) in [5, 5.41) is 7.21. The number of ether oxygens (including phenoxy) is 1. The minimum Gasteiger partial charge on any atom is -0.444 e. The van der Waals surface area contributed by atoms with E-state index in [1.165, 1.54) is 0 Å². The molecule has 4 nitrogen and oxygen atoms in total. The SMILES string of the molecule is CC(C)(C)OC(=O)NC1CCCC1NCc1ccc(Br)c(Cl)c1. The van der Waals surface area contributed by atoms with Gasteiger partial charge in [0.25, 0.3) is 0 Å². The van der Waals surface area contributed by atoms with Crippen LogP contribution in [0.15, 0.2) is 22.7 Å². The lowest BCUT2D eigenvalue weighted by atomic mass is 10.1. The number of rotatable bonds is 4. The van der Waals surface area contributed by atoms with Gasteiger partial charge in [-0.05, 0) is 73.7 Å². The molecule has 2 rings (SSSR count). The quantitative estimate of drug-likeness (QED) is 0.770. The van der Waals surface area contributed by atoms with Crippen LogP contribution in [-0.4, -0.2) is 23.8 Å². The average Bonchev–Trinajstić information content (AvgIpc) is 2.85. The van der Waals surface area contributed by atoms with Crippen LogP contribution in [0.2, 0.25) is 5.02 Å². The third kappa shape index (κ3) is 5.98. The molecule has 1 amide bonds. The molecule has 1 aliphatic rings. The van der Waals surface area contributed by atoms with E-state index in [9.17, 15) is 4.79 Å². The normalized spacial score (nSPS) is 21.3. The fourth-order valence-electron chi connectivity index (χ4n) is 2.73. The van der Waals surface area contributed by atoms with Crippen LogP contribution in [0.5, 0.6) is 0 Å². The van der Waals surface area contributed by atoms with Crippen LogP contribution in [0.1, 0.15) is 45.6 Å². The maximum absolute atomic E-state index is 11.9. The number of hydrogen-bond acceptors (Lipinski definition) is 3. The molecule has 1 fully saturated rings. The molecule has 0 spiro atoms. The molecule has 128 valence electrons. The van der Waals surface area contributed by atoms with Crippen molar-refractivity contribution in [1.29, 1.82) is 0 Å². The predicted molar refractivity (Wildman–Crippen MR) is 96.8 cm³/mol. The van der Waals surface area contributed by atoms with Gasteiger partial charge in [0.15, 0.2) is 0 Å². The predicted octanol–water partition coefficient (Wildman–Crippen LogP) is 4.64. The van der Waals surface area contributed by atoms with Gasteiger partial charge in [-0.15, -0.1) is 0 Å². The largest absolute Gasteiger partial charge is 0.444 e. The van der Waals surface area contributed by atoms with Gasteiger partial charge < -0.3 is 15.4 Å². The van der Waals surface area contributed by atoms with Crippen molar-refractivity contribution in [2.45, 2.75) is 64.3 Å². The topological polar surface area (TPSA) is 50.4 Å². The van der Waals surface area contributed by atoms with Crippen LogP contribution in [0.25, 0.3) is 0 Å². The molecule has 0 heterocycles. The van der Waals surface area contributed by atoms with E-state index in [0.29, 0.717) is 5.02 Å². The summed E-state index contributed by atoms with van der Waals surface area (Å²) in [6.07, 6.45) is 2.77. The highest BCUT2D eigenvalue weighted by molar-refractivity contribution is 9.10. The number of benzene rings is 1. The Balaban J connectivity index is 1.86. The smallest absolute Gasteiger partial charge is 0.407 e. The first-order valence-electron chi connectivity index (χ1n) is 7.91. The molecule has 1 aromatic carbocycles. The van der Waals surface area contributed by atoms with E-state index >= 15 is 0 Å². The lowest BCUT2D eigenvalue weighted by Gasteiger charge is -2.25. The van der Waals surface area contributed by atoms with Crippen LogP contribution in [0.4, 0.5) is 4.79 Å². The van der Waals surface area contributed by atoms with Crippen molar-refractivity contribution < 1.29 is 9.53 Å². The number of alkyl carbamates (subject to hydrolysis) is 1. The van der Waals surface area contributed by atoms with Crippen LogP contribution in [0, 0.1) is 0 Å². The van der Waals surface area contributed by atoms with Crippen LogP contribution in [-0.2, 0) is 11.3 Å². The molecule has 23 heavy (non-hydrogen) atoms. The maximum atomic E-state index is 11.9. The van der Waals surface area contributed by atoms with Crippen molar-refractivity contribution in [1.82, 2.24) is 10.6 Å². The number of amides is 1. The molecule has 2 unspecified atom stereocenters. The molecule has 0 aliphatic heterocycles. The molecule has 6 heteroatoms. The molecular weight excluding hydrogens is 380 g/mol. The second-order valence-electron chi connectivity index (χ2n) is 6.92. The van der Waals surface area contributed by atoms with Gasteiger partial charge in [-0.25, -0.2) is 4.79 Å². The highest BCUT2D eigenvalue weighted by atomic mass is 79.9. The van der Waals surface area contributed by atoms with Gasteiger partial charge in [0.05, 0.1) is 5.02 Å². The molecule has 0 saturated heterocycles. The van der Waals surface area contributed by atoms with Crippen LogP contribution in [0.3, 0.4) is 0 Å². The Labute approximate surface area is 151 Å². The minimum atomic E-state index is -0.472. The molecule has 0 radical (unpaired) electrons. The summed E-state index contributed by atoms with van der Waals surface area (Å²) in [6.45, 7) is 6.33. The average molecular weight is 404 g/mol. The third-order valence-electron chi connectivity index (χ3n) is 3.77. The van der Waals surface area contributed by atoms with Crippen molar-refractivity contribution in [3.05, 3.63) is 33.3 Å². The Hall–Kier alpha value is -0.780. The Morgan fingerprint density at radius 2 is 2.04 bits per heavy atom. The van der Waals surface area contributed by atoms with Gasteiger partial charge in [0.1, 0.15) is 5.60 Å². The molecular formula is C17H24BrClN2O2. The number of hydrogen-bond donors (Lipinski definition) is 2. The van der Waals surface area contributed by atoms with E-state index in [4.69, 9.17) is 16.3 Å². The molecule has 0 bridgehead atoms. The Morgan fingerprint density at radius 3 is 2.70 bits per heavy atom. The Bertz CT molecular complexity index is 560. The molecule has 0 aromatic heterocycles. The monoisotopic (exact) mass is 402 g/mol. The van der Waals surface area contributed by atoms with Crippen LogP contribution >= 0.6 is 27.5 Å². The van der Waals surface area contributed by atoms with E-state index in [0.717, 1.165) is 35.8 Å². The number of nitrogens with one attached hydrogen (secondary N) is 2. The second kappa shape index (κ2) is 7.86. The van der Waals surface area contributed by atoms with Gasteiger partial charge in [0.2, 0.25) is 0 Å². The Kier molecular flexibility index (Phi) is 6.34. The van der Waals surface area contributed by atoms with Gasteiger partial charge in [-0.3, -0.25) is 0 Å². The zero-order valence-corrected chi connectivity index (χ0v) is 16.1. The number of carbonyl (C=O) groups is 1. The summed E-state index contributed by atoms with van der Waals surface area (Å²) in [6, 6.07) is 6.29. The lowest BCUT2D eigenvalue weighted by molar-refractivity contribution is 0.0498. The Morgan fingerprint density at radius 1 is 1.35 bits per heavy atom. The van der Waals surface area contributed by atoms with Crippen molar-refractivity contribution in [2.24, 2.45) is 0 Å².